The number of carbonyl (C=O) groups is 1. The molecule has 2 aromatic carbocycles. The Kier molecular flexibility index (Phi) is 5.57. The predicted octanol–water partition coefficient (Wildman–Crippen LogP) is 3.57. The van der Waals surface area contributed by atoms with Gasteiger partial charge in [-0.05, 0) is 73.8 Å². The summed E-state index contributed by atoms with van der Waals surface area (Å²) in [6.07, 6.45) is 1.55. The van der Waals surface area contributed by atoms with Crippen LogP contribution in [0.15, 0.2) is 50.4 Å². The molecule has 0 bridgehead atoms. The molecule has 114 valence electrons. The van der Waals surface area contributed by atoms with Crippen molar-refractivity contribution < 1.29 is 9.53 Å². The maximum Gasteiger partial charge on any atom is 0.271 e. The molecular formula is C15H13Br2N3O2. The molecule has 0 fully saturated rings. The first kappa shape index (κ1) is 16.5. The first-order valence-corrected chi connectivity index (χ1v) is 7.82. The van der Waals surface area contributed by atoms with Gasteiger partial charge >= 0.3 is 0 Å². The lowest BCUT2D eigenvalue weighted by atomic mass is 10.2. The van der Waals surface area contributed by atoms with Crippen LogP contribution in [-0.2, 0) is 0 Å². The molecule has 2 aromatic rings. The third-order valence-corrected chi connectivity index (χ3v) is 3.96. The van der Waals surface area contributed by atoms with Gasteiger partial charge in [0.1, 0.15) is 5.75 Å². The molecular weight excluding hydrogens is 414 g/mol. The minimum absolute atomic E-state index is 0.303. The summed E-state index contributed by atoms with van der Waals surface area (Å²) < 4.78 is 6.80. The monoisotopic (exact) mass is 425 g/mol. The fraction of sp³-hybridized carbons (Fsp3) is 0.0667. The van der Waals surface area contributed by atoms with Gasteiger partial charge in [0, 0.05) is 11.3 Å². The van der Waals surface area contributed by atoms with E-state index in [0.717, 1.165) is 14.5 Å². The van der Waals surface area contributed by atoms with Crippen LogP contribution >= 0.6 is 31.9 Å². The number of hydrazone groups is 1. The summed E-state index contributed by atoms with van der Waals surface area (Å²) >= 11 is 6.81. The molecule has 0 unspecified atom stereocenters. The fourth-order valence-electron chi connectivity index (χ4n) is 1.71. The van der Waals surface area contributed by atoms with Gasteiger partial charge in [-0.1, -0.05) is 0 Å². The van der Waals surface area contributed by atoms with Crippen molar-refractivity contribution in [1.82, 2.24) is 5.43 Å². The van der Waals surface area contributed by atoms with Gasteiger partial charge in [0.15, 0.2) is 0 Å². The average molecular weight is 427 g/mol. The molecule has 0 aromatic heterocycles. The Morgan fingerprint density at radius 3 is 2.36 bits per heavy atom. The van der Waals surface area contributed by atoms with E-state index in [0.29, 0.717) is 17.0 Å². The largest absolute Gasteiger partial charge is 0.494 e. The number of anilines is 1. The van der Waals surface area contributed by atoms with Crippen molar-refractivity contribution in [2.45, 2.75) is 0 Å². The standard InChI is InChI=1S/C15H13Br2N3O2/c1-22-14-12(16)6-9(7-13(14)17)8-19-20-15(21)10-2-4-11(18)5-3-10/h2-8H,18H2,1H3,(H,20,21)/b19-8-. The van der Waals surface area contributed by atoms with Gasteiger partial charge in [-0.25, -0.2) is 5.43 Å². The van der Waals surface area contributed by atoms with E-state index in [1.54, 1.807) is 37.6 Å². The Hall–Kier alpha value is -1.86. The number of methoxy groups -OCH3 is 1. The maximum atomic E-state index is 11.9. The highest BCUT2D eigenvalue weighted by Crippen LogP contribution is 2.33. The summed E-state index contributed by atoms with van der Waals surface area (Å²) in [4.78, 5) is 11.9. The highest BCUT2D eigenvalue weighted by molar-refractivity contribution is 9.11. The number of hydrogen-bond donors (Lipinski definition) is 2. The topological polar surface area (TPSA) is 76.7 Å². The molecule has 22 heavy (non-hydrogen) atoms. The zero-order valence-corrected chi connectivity index (χ0v) is 14.8. The van der Waals surface area contributed by atoms with Crippen LogP contribution in [0, 0.1) is 0 Å². The van der Waals surface area contributed by atoms with E-state index in [1.807, 2.05) is 12.1 Å². The van der Waals surface area contributed by atoms with Crippen molar-refractivity contribution in [2.24, 2.45) is 5.10 Å². The highest BCUT2D eigenvalue weighted by atomic mass is 79.9. The van der Waals surface area contributed by atoms with Crippen LogP contribution in [0.5, 0.6) is 5.75 Å². The molecule has 0 aliphatic carbocycles. The van der Waals surface area contributed by atoms with Crippen LogP contribution in [0.3, 0.4) is 0 Å². The number of carbonyl (C=O) groups excluding carboxylic acids is 1. The van der Waals surface area contributed by atoms with E-state index >= 15 is 0 Å². The van der Waals surface area contributed by atoms with Crippen LogP contribution in [-0.4, -0.2) is 19.2 Å². The van der Waals surface area contributed by atoms with Gasteiger partial charge < -0.3 is 10.5 Å². The number of hydrogen-bond acceptors (Lipinski definition) is 4. The zero-order chi connectivity index (χ0) is 16.1. The Morgan fingerprint density at radius 2 is 1.82 bits per heavy atom. The zero-order valence-electron chi connectivity index (χ0n) is 11.6. The Labute approximate surface area is 144 Å². The van der Waals surface area contributed by atoms with Gasteiger partial charge in [-0.15, -0.1) is 0 Å². The second-order valence-corrected chi connectivity index (χ2v) is 6.05. The third-order valence-electron chi connectivity index (χ3n) is 2.78. The number of nitrogens with two attached hydrogens (primary N) is 1. The van der Waals surface area contributed by atoms with Gasteiger partial charge in [0.2, 0.25) is 0 Å². The highest BCUT2D eigenvalue weighted by Gasteiger charge is 2.07. The van der Waals surface area contributed by atoms with E-state index in [4.69, 9.17) is 10.5 Å². The molecule has 0 aliphatic rings. The fourth-order valence-corrected chi connectivity index (χ4v) is 3.26. The van der Waals surface area contributed by atoms with Crippen molar-refractivity contribution in [3.63, 3.8) is 0 Å². The SMILES string of the molecule is COc1c(Br)cc(/C=N\NC(=O)c2ccc(N)cc2)cc1Br. The van der Waals surface area contributed by atoms with Crippen LogP contribution in [0.1, 0.15) is 15.9 Å². The molecule has 3 N–H and O–H groups in total. The van der Waals surface area contributed by atoms with Crippen molar-refractivity contribution in [3.05, 3.63) is 56.5 Å². The minimum Gasteiger partial charge on any atom is -0.494 e. The van der Waals surface area contributed by atoms with E-state index in [-0.39, 0.29) is 5.91 Å². The molecule has 0 spiro atoms. The second-order valence-electron chi connectivity index (χ2n) is 4.34. The number of benzene rings is 2. The summed E-state index contributed by atoms with van der Waals surface area (Å²) in [5, 5.41) is 3.94. The van der Waals surface area contributed by atoms with E-state index in [2.05, 4.69) is 42.4 Å². The van der Waals surface area contributed by atoms with Gasteiger partial charge in [-0.2, -0.15) is 5.10 Å². The average Bonchev–Trinajstić information content (AvgIpc) is 2.47. The summed E-state index contributed by atoms with van der Waals surface area (Å²) in [6.45, 7) is 0. The lowest BCUT2D eigenvalue weighted by molar-refractivity contribution is 0.0955. The lowest BCUT2D eigenvalue weighted by Crippen LogP contribution is -2.17. The molecule has 5 nitrogen and oxygen atoms in total. The summed E-state index contributed by atoms with van der Waals surface area (Å²) in [7, 11) is 1.59. The van der Waals surface area contributed by atoms with E-state index < -0.39 is 0 Å². The molecule has 0 aliphatic heterocycles. The molecule has 0 heterocycles. The summed E-state index contributed by atoms with van der Waals surface area (Å²) in [5.74, 6) is 0.394. The molecule has 0 radical (unpaired) electrons. The number of rotatable bonds is 4. The first-order chi connectivity index (χ1) is 10.5. The smallest absolute Gasteiger partial charge is 0.271 e. The van der Waals surface area contributed by atoms with Crippen molar-refractivity contribution in [1.29, 1.82) is 0 Å². The van der Waals surface area contributed by atoms with Gasteiger partial charge in [0.25, 0.3) is 5.91 Å². The van der Waals surface area contributed by atoms with Crippen LogP contribution in [0.2, 0.25) is 0 Å². The molecule has 0 atom stereocenters. The number of amides is 1. The van der Waals surface area contributed by atoms with Gasteiger partial charge in [-0.3, -0.25) is 4.79 Å². The molecule has 2 rings (SSSR count). The van der Waals surface area contributed by atoms with Crippen LogP contribution < -0.4 is 15.9 Å². The van der Waals surface area contributed by atoms with Crippen LogP contribution in [0.25, 0.3) is 0 Å². The lowest BCUT2D eigenvalue weighted by Gasteiger charge is -2.06. The van der Waals surface area contributed by atoms with Crippen molar-refractivity contribution in [2.75, 3.05) is 12.8 Å². The van der Waals surface area contributed by atoms with Crippen molar-refractivity contribution >= 4 is 49.7 Å². The normalized spacial score (nSPS) is 10.7. The second kappa shape index (κ2) is 7.42. The van der Waals surface area contributed by atoms with E-state index in [9.17, 15) is 4.79 Å². The third kappa shape index (κ3) is 4.08. The summed E-state index contributed by atoms with van der Waals surface area (Å²) in [5.41, 5.74) is 9.93. The minimum atomic E-state index is -0.303. The Balaban J connectivity index is 2.06. The Bertz CT molecular complexity index is 692. The summed E-state index contributed by atoms with van der Waals surface area (Å²) in [6, 6.07) is 10.3. The van der Waals surface area contributed by atoms with Gasteiger partial charge in [0.05, 0.1) is 22.3 Å². The molecule has 7 heteroatoms. The first-order valence-electron chi connectivity index (χ1n) is 6.23. The Morgan fingerprint density at radius 1 is 1.23 bits per heavy atom. The molecule has 1 amide bonds. The maximum absolute atomic E-state index is 11.9. The molecule has 0 saturated heterocycles. The quantitative estimate of drug-likeness (QED) is 0.445. The number of nitrogen functional groups attached to an aromatic ring is 1. The number of ether oxygens (including phenoxy) is 1. The number of halogens is 2. The number of nitrogens with one attached hydrogen (secondary N) is 1. The predicted molar refractivity (Wildman–Crippen MR) is 94.3 cm³/mol. The van der Waals surface area contributed by atoms with Crippen LogP contribution in [0.4, 0.5) is 5.69 Å². The van der Waals surface area contributed by atoms with Crippen molar-refractivity contribution in [3.8, 4) is 5.75 Å². The molecule has 0 saturated carbocycles. The number of nitrogens with zero attached hydrogens (tertiary/aromatic N) is 1. The van der Waals surface area contributed by atoms with E-state index in [1.165, 1.54) is 0 Å².